The lowest BCUT2D eigenvalue weighted by atomic mass is 10.2. The van der Waals surface area contributed by atoms with E-state index in [1.807, 2.05) is 18.2 Å². The molecule has 0 aliphatic rings. The quantitative estimate of drug-likeness (QED) is 0.510. The molecule has 0 aliphatic carbocycles. The summed E-state index contributed by atoms with van der Waals surface area (Å²) in [4.78, 5) is 2.43. The third-order valence-electron chi connectivity index (χ3n) is 3.28. The molecule has 1 rings (SSSR count). The highest BCUT2D eigenvalue weighted by Crippen LogP contribution is 2.22. The molecule has 0 bridgehead atoms. The second-order valence-electron chi connectivity index (χ2n) is 4.95. The van der Waals surface area contributed by atoms with Crippen molar-refractivity contribution >= 4 is 11.4 Å². The summed E-state index contributed by atoms with van der Waals surface area (Å²) in [7, 11) is 0. The first-order valence-corrected chi connectivity index (χ1v) is 7.69. The number of nitrogens with zero attached hydrogens (tertiary/aromatic N) is 1. The molecule has 3 N–H and O–H groups in total. The molecule has 1 aromatic carbocycles. The Morgan fingerprint density at radius 3 is 2.55 bits per heavy atom. The summed E-state index contributed by atoms with van der Waals surface area (Å²) < 4.78 is 5.63. The van der Waals surface area contributed by atoms with Crippen LogP contribution in [0.2, 0.25) is 0 Å². The Labute approximate surface area is 123 Å². The van der Waals surface area contributed by atoms with Crippen LogP contribution in [-0.2, 0) is 0 Å². The van der Waals surface area contributed by atoms with E-state index in [4.69, 9.17) is 10.5 Å². The molecular formula is C16H29N3O. The summed E-state index contributed by atoms with van der Waals surface area (Å²) in [5, 5.41) is 3.42. The zero-order valence-corrected chi connectivity index (χ0v) is 13.1. The van der Waals surface area contributed by atoms with Crippen LogP contribution < -0.4 is 15.8 Å². The van der Waals surface area contributed by atoms with E-state index >= 15 is 0 Å². The molecule has 4 nitrogen and oxygen atoms in total. The second-order valence-corrected chi connectivity index (χ2v) is 4.95. The van der Waals surface area contributed by atoms with Gasteiger partial charge in [0.15, 0.2) is 0 Å². The Balaban J connectivity index is 2.41. The van der Waals surface area contributed by atoms with Crippen LogP contribution in [-0.4, -0.2) is 37.7 Å². The molecule has 0 atom stereocenters. The Morgan fingerprint density at radius 1 is 1.15 bits per heavy atom. The molecule has 0 amide bonds. The number of nitrogens with one attached hydrogen (secondary N) is 1. The number of benzene rings is 1. The van der Waals surface area contributed by atoms with Gasteiger partial charge in [0.1, 0.15) is 5.75 Å². The lowest BCUT2D eigenvalue weighted by molar-refractivity contribution is 0.303. The van der Waals surface area contributed by atoms with Crippen LogP contribution in [0.15, 0.2) is 18.2 Å². The Morgan fingerprint density at radius 2 is 1.90 bits per heavy atom. The lowest BCUT2D eigenvalue weighted by Gasteiger charge is -2.18. The highest BCUT2D eigenvalue weighted by molar-refractivity contribution is 5.59. The summed E-state index contributed by atoms with van der Waals surface area (Å²) in [5.41, 5.74) is 7.68. The van der Waals surface area contributed by atoms with Gasteiger partial charge in [-0.1, -0.05) is 20.8 Å². The van der Waals surface area contributed by atoms with E-state index in [1.54, 1.807) is 0 Å². The van der Waals surface area contributed by atoms with Gasteiger partial charge in [-0.2, -0.15) is 0 Å². The maximum absolute atomic E-state index is 5.90. The zero-order valence-electron chi connectivity index (χ0n) is 13.1. The van der Waals surface area contributed by atoms with Gasteiger partial charge < -0.3 is 20.7 Å². The van der Waals surface area contributed by atoms with Gasteiger partial charge >= 0.3 is 0 Å². The van der Waals surface area contributed by atoms with E-state index in [0.29, 0.717) is 0 Å². The monoisotopic (exact) mass is 279 g/mol. The molecule has 0 saturated heterocycles. The number of ether oxygens (including phenoxy) is 1. The highest BCUT2D eigenvalue weighted by Gasteiger charge is 2.01. The molecule has 20 heavy (non-hydrogen) atoms. The molecule has 0 aromatic heterocycles. The van der Waals surface area contributed by atoms with E-state index in [1.165, 1.54) is 0 Å². The molecule has 0 aliphatic heterocycles. The van der Waals surface area contributed by atoms with Crippen LogP contribution in [0.5, 0.6) is 5.75 Å². The van der Waals surface area contributed by atoms with E-state index in [9.17, 15) is 0 Å². The van der Waals surface area contributed by atoms with Crippen LogP contribution in [0.4, 0.5) is 11.4 Å². The van der Waals surface area contributed by atoms with Gasteiger partial charge in [-0.25, -0.2) is 0 Å². The summed E-state index contributed by atoms with van der Waals surface area (Å²) in [6.07, 6.45) is 2.13. The van der Waals surface area contributed by atoms with Gasteiger partial charge in [-0.3, -0.25) is 0 Å². The van der Waals surface area contributed by atoms with Crippen LogP contribution in [0.3, 0.4) is 0 Å². The van der Waals surface area contributed by atoms with Crippen molar-refractivity contribution in [2.75, 3.05) is 43.8 Å². The number of hydrogen-bond donors (Lipinski definition) is 2. The minimum absolute atomic E-state index is 0.727. The van der Waals surface area contributed by atoms with Gasteiger partial charge in [-0.05, 0) is 38.5 Å². The van der Waals surface area contributed by atoms with Crippen molar-refractivity contribution in [1.82, 2.24) is 4.90 Å². The van der Waals surface area contributed by atoms with Crippen LogP contribution in [0.1, 0.15) is 33.6 Å². The first kappa shape index (κ1) is 16.6. The first-order valence-electron chi connectivity index (χ1n) is 7.69. The highest BCUT2D eigenvalue weighted by atomic mass is 16.5. The fourth-order valence-electron chi connectivity index (χ4n) is 2.10. The summed E-state index contributed by atoms with van der Waals surface area (Å²) in [5.74, 6) is 0.845. The molecule has 4 heteroatoms. The molecule has 0 fully saturated rings. The topological polar surface area (TPSA) is 50.5 Å². The molecule has 1 aromatic rings. The summed E-state index contributed by atoms with van der Waals surface area (Å²) in [6, 6.07) is 5.84. The number of nitrogen functional groups attached to an aromatic ring is 1. The molecule has 0 unspecified atom stereocenters. The average Bonchev–Trinajstić information content (AvgIpc) is 2.45. The third kappa shape index (κ3) is 6.15. The van der Waals surface area contributed by atoms with Crippen molar-refractivity contribution in [3.8, 4) is 5.75 Å². The molecular weight excluding hydrogens is 250 g/mol. The fourth-order valence-corrected chi connectivity index (χ4v) is 2.10. The lowest BCUT2D eigenvalue weighted by Crippen LogP contribution is -2.25. The molecule has 114 valence electrons. The maximum atomic E-state index is 5.90. The number of hydrogen-bond acceptors (Lipinski definition) is 4. The number of nitrogens with two attached hydrogens (primary N) is 1. The van der Waals surface area contributed by atoms with Gasteiger partial charge in [0.25, 0.3) is 0 Å². The van der Waals surface area contributed by atoms with Crippen LogP contribution in [0, 0.1) is 0 Å². The normalized spacial score (nSPS) is 10.8. The zero-order chi connectivity index (χ0) is 14.8. The molecule has 0 saturated carbocycles. The molecule has 0 spiro atoms. The summed E-state index contributed by atoms with van der Waals surface area (Å²) >= 11 is 0. The van der Waals surface area contributed by atoms with Gasteiger partial charge in [0, 0.05) is 30.1 Å². The summed E-state index contributed by atoms with van der Waals surface area (Å²) in [6.45, 7) is 11.5. The maximum Gasteiger partial charge on any atom is 0.123 e. The standard InChI is InChI=1S/C16H29N3O/c1-4-10-20-16-12-14(17)11-15(13-16)18-8-7-9-19(5-2)6-3/h11-13,18H,4-10,17H2,1-3H3. The minimum atomic E-state index is 0.727. The van der Waals surface area contributed by atoms with Crippen molar-refractivity contribution in [3.63, 3.8) is 0 Å². The van der Waals surface area contributed by atoms with E-state index in [2.05, 4.69) is 31.0 Å². The second kappa shape index (κ2) is 9.48. The fraction of sp³-hybridized carbons (Fsp3) is 0.625. The predicted molar refractivity (Wildman–Crippen MR) is 87.5 cm³/mol. The van der Waals surface area contributed by atoms with Gasteiger partial charge in [0.05, 0.1) is 6.61 Å². The Bertz CT molecular complexity index is 378. The number of anilines is 2. The van der Waals surface area contributed by atoms with Gasteiger partial charge in [-0.15, -0.1) is 0 Å². The minimum Gasteiger partial charge on any atom is -0.493 e. The first-order chi connectivity index (χ1) is 9.69. The van der Waals surface area contributed by atoms with Crippen molar-refractivity contribution < 1.29 is 4.74 Å². The predicted octanol–water partition coefficient (Wildman–Crippen LogP) is 3.20. The van der Waals surface area contributed by atoms with E-state index < -0.39 is 0 Å². The van der Waals surface area contributed by atoms with Crippen LogP contribution >= 0.6 is 0 Å². The van der Waals surface area contributed by atoms with Crippen molar-refractivity contribution in [1.29, 1.82) is 0 Å². The largest absolute Gasteiger partial charge is 0.493 e. The number of rotatable bonds is 10. The van der Waals surface area contributed by atoms with Gasteiger partial charge in [0.2, 0.25) is 0 Å². The molecule has 0 heterocycles. The average molecular weight is 279 g/mol. The van der Waals surface area contributed by atoms with E-state index in [-0.39, 0.29) is 0 Å². The SMILES string of the molecule is CCCOc1cc(N)cc(NCCCN(CC)CC)c1. The van der Waals surface area contributed by atoms with Crippen molar-refractivity contribution in [2.24, 2.45) is 0 Å². The third-order valence-corrected chi connectivity index (χ3v) is 3.28. The van der Waals surface area contributed by atoms with E-state index in [0.717, 1.165) is 62.8 Å². The smallest absolute Gasteiger partial charge is 0.123 e. The van der Waals surface area contributed by atoms with Crippen molar-refractivity contribution in [2.45, 2.75) is 33.6 Å². The Hall–Kier alpha value is -1.42. The molecule has 0 radical (unpaired) electrons. The van der Waals surface area contributed by atoms with Crippen molar-refractivity contribution in [3.05, 3.63) is 18.2 Å². The Kier molecular flexibility index (Phi) is 7.88. The van der Waals surface area contributed by atoms with Crippen LogP contribution in [0.25, 0.3) is 0 Å².